The fourth-order valence-corrected chi connectivity index (χ4v) is 5.36. The summed E-state index contributed by atoms with van der Waals surface area (Å²) in [5.41, 5.74) is 0.854. The van der Waals surface area contributed by atoms with Crippen LogP contribution in [-0.4, -0.2) is 66.5 Å². The number of benzene rings is 2. The minimum atomic E-state index is -0.749. The molecule has 2 heterocycles. The average molecular weight is 507 g/mol. The summed E-state index contributed by atoms with van der Waals surface area (Å²) >= 11 is 0. The molecule has 2 aliphatic heterocycles. The van der Waals surface area contributed by atoms with Crippen molar-refractivity contribution in [2.75, 3.05) is 43.6 Å². The second-order valence-electron chi connectivity index (χ2n) is 9.91. The van der Waals surface area contributed by atoms with Crippen LogP contribution in [0, 0.1) is 0 Å². The Bertz CT molecular complexity index is 1070. The molecule has 4 rings (SSSR count). The van der Waals surface area contributed by atoms with Gasteiger partial charge < -0.3 is 24.8 Å². The number of hydrogen-bond donors (Lipinski definition) is 1. The molecule has 0 radical (unpaired) electrons. The third-order valence-electron chi connectivity index (χ3n) is 7.48. The van der Waals surface area contributed by atoms with Crippen molar-refractivity contribution in [1.29, 1.82) is 0 Å². The van der Waals surface area contributed by atoms with Crippen molar-refractivity contribution in [2.45, 2.75) is 57.4 Å². The monoisotopic (exact) mass is 506 g/mol. The number of methoxy groups -OCH3 is 1. The standard InChI is InChI=1S/C29H38N4O4/c1-3-4-5-9-12-27(35)31-19-17-29(18-20-31)28(36)32(22-33(29)24-10-7-6-8-11-24)21-26(34)30-23-13-15-25(37-2)16-14-23/h6-8,10-11,13-16H,3-5,9,12,17-22H2,1-2H3,(H,30,34). The number of piperidine rings is 1. The highest BCUT2D eigenvalue weighted by atomic mass is 16.5. The summed E-state index contributed by atoms with van der Waals surface area (Å²) in [5.74, 6) is 0.594. The number of nitrogens with one attached hydrogen (secondary N) is 1. The molecule has 2 aliphatic rings. The zero-order chi connectivity index (χ0) is 26.3. The van der Waals surface area contributed by atoms with Gasteiger partial charge in [0.05, 0.1) is 13.8 Å². The number of carbonyl (C=O) groups excluding carboxylic acids is 3. The number of likely N-dealkylation sites (tertiary alicyclic amines) is 1. The fraction of sp³-hybridized carbons (Fsp3) is 0.483. The number of para-hydroxylation sites is 1. The van der Waals surface area contributed by atoms with Crippen LogP contribution in [0.5, 0.6) is 5.75 Å². The minimum Gasteiger partial charge on any atom is -0.497 e. The van der Waals surface area contributed by atoms with Gasteiger partial charge in [-0.15, -0.1) is 0 Å². The minimum absolute atomic E-state index is 0.0317. The lowest BCUT2D eigenvalue weighted by Gasteiger charge is -2.43. The van der Waals surface area contributed by atoms with Gasteiger partial charge in [-0.1, -0.05) is 44.4 Å². The topological polar surface area (TPSA) is 82.2 Å². The highest BCUT2D eigenvalue weighted by Crippen LogP contribution is 2.39. The van der Waals surface area contributed by atoms with Gasteiger partial charge in [-0.05, 0) is 55.7 Å². The van der Waals surface area contributed by atoms with Crippen LogP contribution in [-0.2, 0) is 14.4 Å². The predicted octanol–water partition coefficient (Wildman–Crippen LogP) is 4.27. The Morgan fingerprint density at radius 1 is 0.973 bits per heavy atom. The fourth-order valence-electron chi connectivity index (χ4n) is 5.36. The van der Waals surface area contributed by atoms with Crippen LogP contribution >= 0.6 is 0 Å². The maximum Gasteiger partial charge on any atom is 0.250 e. The Morgan fingerprint density at radius 3 is 2.32 bits per heavy atom. The quantitative estimate of drug-likeness (QED) is 0.487. The summed E-state index contributed by atoms with van der Waals surface area (Å²) in [6.45, 7) is 3.57. The third-order valence-corrected chi connectivity index (χ3v) is 7.48. The molecule has 0 bridgehead atoms. The molecule has 2 fully saturated rings. The number of nitrogens with zero attached hydrogens (tertiary/aromatic N) is 3. The summed E-state index contributed by atoms with van der Waals surface area (Å²) in [6, 6.07) is 17.0. The maximum atomic E-state index is 13.8. The van der Waals surface area contributed by atoms with E-state index in [0.29, 0.717) is 50.5 Å². The molecule has 0 aliphatic carbocycles. The van der Waals surface area contributed by atoms with Crippen LogP contribution in [0.25, 0.3) is 0 Å². The SMILES string of the molecule is CCCCCCC(=O)N1CCC2(CC1)C(=O)N(CC(=O)Nc1ccc(OC)cc1)CN2c1ccccc1. The summed E-state index contributed by atoms with van der Waals surface area (Å²) in [5, 5.41) is 2.88. The van der Waals surface area contributed by atoms with E-state index >= 15 is 0 Å². The maximum absolute atomic E-state index is 13.8. The summed E-state index contributed by atoms with van der Waals surface area (Å²) in [7, 11) is 1.59. The molecule has 2 saturated heterocycles. The van der Waals surface area contributed by atoms with Crippen LogP contribution in [0.4, 0.5) is 11.4 Å². The van der Waals surface area contributed by atoms with Crippen molar-refractivity contribution < 1.29 is 19.1 Å². The van der Waals surface area contributed by atoms with Gasteiger partial charge in [-0.25, -0.2) is 0 Å². The highest BCUT2D eigenvalue weighted by molar-refractivity contribution is 5.99. The van der Waals surface area contributed by atoms with Crippen LogP contribution in [0.1, 0.15) is 51.9 Å². The Balaban J connectivity index is 1.44. The first-order valence-corrected chi connectivity index (χ1v) is 13.3. The van der Waals surface area contributed by atoms with Gasteiger partial charge in [0.15, 0.2) is 0 Å². The van der Waals surface area contributed by atoms with E-state index in [4.69, 9.17) is 4.74 Å². The second-order valence-corrected chi connectivity index (χ2v) is 9.91. The zero-order valence-corrected chi connectivity index (χ0v) is 21.9. The number of hydrogen-bond acceptors (Lipinski definition) is 5. The van der Waals surface area contributed by atoms with Gasteiger partial charge >= 0.3 is 0 Å². The molecule has 8 heteroatoms. The lowest BCUT2D eigenvalue weighted by molar-refractivity contribution is -0.139. The van der Waals surface area contributed by atoms with Crippen molar-refractivity contribution in [3.63, 3.8) is 0 Å². The van der Waals surface area contributed by atoms with Gasteiger partial charge in [0, 0.05) is 30.9 Å². The van der Waals surface area contributed by atoms with E-state index in [9.17, 15) is 14.4 Å². The van der Waals surface area contributed by atoms with E-state index in [-0.39, 0.29) is 24.3 Å². The molecule has 0 saturated carbocycles. The van der Waals surface area contributed by atoms with Gasteiger partial charge in [0.2, 0.25) is 11.8 Å². The number of amides is 3. The largest absolute Gasteiger partial charge is 0.497 e. The van der Waals surface area contributed by atoms with E-state index in [2.05, 4.69) is 17.1 Å². The number of ether oxygens (including phenoxy) is 1. The van der Waals surface area contributed by atoms with Crippen LogP contribution in [0.15, 0.2) is 54.6 Å². The van der Waals surface area contributed by atoms with Crippen molar-refractivity contribution in [3.8, 4) is 5.75 Å². The van der Waals surface area contributed by atoms with Crippen molar-refractivity contribution in [2.24, 2.45) is 0 Å². The lowest BCUT2D eigenvalue weighted by Crippen LogP contribution is -2.57. The van der Waals surface area contributed by atoms with Crippen LogP contribution in [0.3, 0.4) is 0 Å². The Kier molecular flexibility index (Phi) is 8.69. The molecule has 1 N–H and O–H groups in total. The molecule has 3 amide bonds. The smallest absolute Gasteiger partial charge is 0.250 e. The van der Waals surface area contributed by atoms with E-state index in [0.717, 1.165) is 31.4 Å². The molecule has 2 aromatic carbocycles. The second kappa shape index (κ2) is 12.1. The van der Waals surface area contributed by atoms with Crippen molar-refractivity contribution >= 4 is 29.1 Å². The van der Waals surface area contributed by atoms with Gasteiger partial charge in [0.1, 0.15) is 17.8 Å². The molecule has 8 nitrogen and oxygen atoms in total. The third kappa shape index (κ3) is 6.06. The highest BCUT2D eigenvalue weighted by Gasteiger charge is 2.54. The van der Waals surface area contributed by atoms with Crippen LogP contribution in [0.2, 0.25) is 0 Å². The summed E-state index contributed by atoms with van der Waals surface area (Å²) < 4.78 is 5.17. The van der Waals surface area contributed by atoms with E-state index in [1.807, 2.05) is 35.2 Å². The Morgan fingerprint density at radius 2 is 1.68 bits per heavy atom. The Labute approximate surface area is 219 Å². The van der Waals surface area contributed by atoms with E-state index in [1.54, 1.807) is 36.3 Å². The van der Waals surface area contributed by atoms with Gasteiger partial charge in [-0.3, -0.25) is 14.4 Å². The summed E-state index contributed by atoms with van der Waals surface area (Å²) in [6.07, 6.45) is 5.97. The molecule has 37 heavy (non-hydrogen) atoms. The number of rotatable bonds is 10. The van der Waals surface area contributed by atoms with Crippen LogP contribution < -0.4 is 15.0 Å². The molecule has 2 aromatic rings. The van der Waals surface area contributed by atoms with Gasteiger partial charge in [0.25, 0.3) is 5.91 Å². The summed E-state index contributed by atoms with van der Waals surface area (Å²) in [4.78, 5) is 45.1. The van der Waals surface area contributed by atoms with Crippen molar-refractivity contribution in [1.82, 2.24) is 9.80 Å². The molecule has 0 aromatic heterocycles. The predicted molar refractivity (Wildman–Crippen MR) is 144 cm³/mol. The normalized spacial score (nSPS) is 16.8. The molecular formula is C29H38N4O4. The first kappa shape index (κ1) is 26.5. The van der Waals surface area contributed by atoms with E-state index < -0.39 is 5.54 Å². The van der Waals surface area contributed by atoms with Gasteiger partial charge in [-0.2, -0.15) is 0 Å². The molecule has 1 spiro atoms. The molecular weight excluding hydrogens is 468 g/mol. The number of anilines is 2. The van der Waals surface area contributed by atoms with Crippen molar-refractivity contribution in [3.05, 3.63) is 54.6 Å². The molecule has 0 atom stereocenters. The first-order chi connectivity index (χ1) is 18.0. The number of unbranched alkanes of at least 4 members (excludes halogenated alkanes) is 3. The molecule has 0 unspecified atom stereocenters. The average Bonchev–Trinajstić information content (AvgIpc) is 3.18. The lowest BCUT2D eigenvalue weighted by atomic mass is 9.85. The number of carbonyl (C=O) groups is 3. The van der Waals surface area contributed by atoms with E-state index in [1.165, 1.54) is 0 Å². The zero-order valence-electron chi connectivity index (χ0n) is 21.9. The Hall–Kier alpha value is -3.55. The first-order valence-electron chi connectivity index (χ1n) is 13.3. The molecule has 198 valence electrons.